The number of rotatable bonds is 4. The fourth-order valence-corrected chi connectivity index (χ4v) is 3.49. The van der Waals surface area contributed by atoms with Gasteiger partial charge in [-0.2, -0.15) is 0 Å². The number of aromatic hydroxyl groups is 1. The van der Waals surface area contributed by atoms with E-state index in [1.807, 2.05) is 32.3 Å². The lowest BCUT2D eigenvalue weighted by Gasteiger charge is -2.15. The van der Waals surface area contributed by atoms with Crippen molar-refractivity contribution in [3.05, 3.63) is 46.5 Å². The molecule has 24 heavy (non-hydrogen) atoms. The summed E-state index contributed by atoms with van der Waals surface area (Å²) < 4.78 is 6.31. The monoisotopic (exact) mass is 340 g/mol. The average Bonchev–Trinajstić information content (AvgIpc) is 2.94. The van der Waals surface area contributed by atoms with Gasteiger partial charge in [-0.15, -0.1) is 11.3 Å². The molecule has 0 unspecified atom stereocenters. The fourth-order valence-electron chi connectivity index (χ4n) is 2.60. The molecule has 3 rings (SSSR count). The summed E-state index contributed by atoms with van der Waals surface area (Å²) in [7, 11) is 5.64. The maximum absolute atomic E-state index is 9.65. The van der Waals surface area contributed by atoms with Gasteiger partial charge in [-0.25, -0.2) is 4.98 Å². The molecule has 0 radical (unpaired) electrons. The molecule has 0 aliphatic carbocycles. The van der Waals surface area contributed by atoms with Gasteiger partial charge in [0.2, 0.25) is 0 Å². The molecule has 0 bridgehead atoms. The second-order valence-electron chi connectivity index (χ2n) is 5.82. The van der Waals surface area contributed by atoms with Gasteiger partial charge < -0.3 is 14.7 Å². The second kappa shape index (κ2) is 6.53. The Morgan fingerprint density at radius 3 is 2.67 bits per heavy atom. The summed E-state index contributed by atoms with van der Waals surface area (Å²) in [6, 6.07) is 9.58. The van der Waals surface area contributed by atoms with Crippen molar-refractivity contribution in [3.8, 4) is 11.5 Å². The first kappa shape index (κ1) is 16.3. The minimum absolute atomic E-state index is 0.140. The van der Waals surface area contributed by atoms with Gasteiger partial charge >= 0.3 is 0 Å². The minimum atomic E-state index is 0.140. The van der Waals surface area contributed by atoms with Crippen LogP contribution in [0.5, 0.6) is 11.5 Å². The minimum Gasteiger partial charge on any atom is -0.504 e. The summed E-state index contributed by atoms with van der Waals surface area (Å²) in [4.78, 5) is 6.80. The molecule has 0 fully saturated rings. The van der Waals surface area contributed by atoms with Crippen molar-refractivity contribution in [2.75, 3.05) is 26.1 Å². The average molecular weight is 340 g/mol. The van der Waals surface area contributed by atoms with Crippen molar-refractivity contribution < 1.29 is 9.84 Å². The van der Waals surface area contributed by atoms with Crippen LogP contribution in [0.2, 0.25) is 0 Å². The standard InChI is InChI=1S/C19H20N2O2S/c1-12-9-14-18(11-15(12)21(2)3)24-19(20-14)8-6-13-5-7-16(22)17(10-13)23-4/h5-11,22H,1-4H3/b8-6+. The third kappa shape index (κ3) is 3.21. The van der Waals surface area contributed by atoms with E-state index in [4.69, 9.17) is 4.74 Å². The summed E-state index contributed by atoms with van der Waals surface area (Å²) in [6.45, 7) is 2.10. The van der Waals surface area contributed by atoms with Crippen molar-refractivity contribution in [3.63, 3.8) is 0 Å². The molecular weight excluding hydrogens is 320 g/mol. The van der Waals surface area contributed by atoms with Crippen molar-refractivity contribution in [2.24, 2.45) is 0 Å². The van der Waals surface area contributed by atoms with Crippen LogP contribution in [0, 0.1) is 6.92 Å². The van der Waals surface area contributed by atoms with Gasteiger partial charge in [0.1, 0.15) is 5.01 Å². The van der Waals surface area contributed by atoms with E-state index in [-0.39, 0.29) is 5.75 Å². The summed E-state index contributed by atoms with van der Waals surface area (Å²) in [5.74, 6) is 0.606. The van der Waals surface area contributed by atoms with Crippen LogP contribution >= 0.6 is 11.3 Å². The van der Waals surface area contributed by atoms with Crippen molar-refractivity contribution >= 4 is 39.4 Å². The highest BCUT2D eigenvalue weighted by Crippen LogP contribution is 2.31. The van der Waals surface area contributed by atoms with Gasteiger partial charge in [-0.05, 0) is 48.4 Å². The highest BCUT2D eigenvalue weighted by Gasteiger charge is 2.07. The molecule has 124 valence electrons. The predicted molar refractivity (Wildman–Crippen MR) is 102 cm³/mol. The number of hydrogen-bond donors (Lipinski definition) is 1. The normalized spacial score (nSPS) is 11.3. The molecule has 1 aromatic heterocycles. The molecule has 1 N–H and O–H groups in total. The molecule has 0 aliphatic heterocycles. The van der Waals surface area contributed by atoms with E-state index in [9.17, 15) is 5.11 Å². The van der Waals surface area contributed by atoms with Crippen LogP contribution in [0.25, 0.3) is 22.4 Å². The van der Waals surface area contributed by atoms with E-state index in [0.29, 0.717) is 5.75 Å². The van der Waals surface area contributed by atoms with Gasteiger partial charge in [0, 0.05) is 19.8 Å². The van der Waals surface area contributed by atoms with Gasteiger partial charge in [0.15, 0.2) is 11.5 Å². The molecule has 5 heteroatoms. The highest BCUT2D eigenvalue weighted by molar-refractivity contribution is 7.19. The van der Waals surface area contributed by atoms with E-state index in [1.54, 1.807) is 30.6 Å². The maximum Gasteiger partial charge on any atom is 0.161 e. The zero-order chi connectivity index (χ0) is 17.3. The zero-order valence-corrected chi connectivity index (χ0v) is 15.0. The molecule has 0 spiro atoms. The SMILES string of the molecule is COc1cc(/C=C/c2nc3cc(C)c(N(C)C)cc3s2)ccc1O. The molecule has 3 aromatic rings. The first-order chi connectivity index (χ1) is 11.5. The summed E-state index contributed by atoms with van der Waals surface area (Å²) in [5, 5.41) is 10.6. The van der Waals surface area contributed by atoms with Crippen LogP contribution < -0.4 is 9.64 Å². The molecule has 4 nitrogen and oxygen atoms in total. The lowest BCUT2D eigenvalue weighted by molar-refractivity contribution is 0.373. The highest BCUT2D eigenvalue weighted by atomic mass is 32.1. The van der Waals surface area contributed by atoms with Crippen molar-refractivity contribution in [1.82, 2.24) is 4.98 Å². The Kier molecular flexibility index (Phi) is 4.44. The lowest BCUT2D eigenvalue weighted by atomic mass is 10.2. The number of aryl methyl sites for hydroxylation is 1. The fraction of sp³-hybridized carbons (Fsp3) is 0.211. The number of hydrogen-bond acceptors (Lipinski definition) is 5. The predicted octanol–water partition coefficient (Wildman–Crippen LogP) is 4.56. The third-order valence-electron chi connectivity index (χ3n) is 3.83. The summed E-state index contributed by atoms with van der Waals surface area (Å²) in [5.41, 5.74) is 4.40. The number of aromatic nitrogens is 1. The van der Waals surface area contributed by atoms with Crippen molar-refractivity contribution in [2.45, 2.75) is 6.92 Å². The molecule has 2 aromatic carbocycles. The number of nitrogens with zero attached hydrogens (tertiary/aromatic N) is 2. The second-order valence-corrected chi connectivity index (χ2v) is 6.88. The molecular formula is C19H20N2O2S. The van der Waals surface area contributed by atoms with Crippen LogP contribution in [-0.2, 0) is 0 Å². The van der Waals surface area contributed by atoms with Crippen LogP contribution in [0.3, 0.4) is 0 Å². The van der Waals surface area contributed by atoms with Gasteiger partial charge in [0.25, 0.3) is 0 Å². The Hall–Kier alpha value is -2.53. The smallest absolute Gasteiger partial charge is 0.161 e. The maximum atomic E-state index is 9.65. The summed E-state index contributed by atoms with van der Waals surface area (Å²) in [6.07, 6.45) is 3.96. The zero-order valence-electron chi connectivity index (χ0n) is 14.2. The van der Waals surface area contributed by atoms with Crippen LogP contribution in [0.1, 0.15) is 16.1 Å². The first-order valence-electron chi connectivity index (χ1n) is 7.61. The molecule has 0 saturated carbocycles. The molecule has 0 saturated heterocycles. The lowest BCUT2D eigenvalue weighted by Crippen LogP contribution is -2.09. The Morgan fingerprint density at radius 1 is 1.17 bits per heavy atom. The van der Waals surface area contributed by atoms with Crippen LogP contribution in [0.15, 0.2) is 30.3 Å². The van der Waals surface area contributed by atoms with Gasteiger partial charge in [-0.3, -0.25) is 0 Å². The van der Waals surface area contributed by atoms with Crippen molar-refractivity contribution in [1.29, 1.82) is 0 Å². The van der Waals surface area contributed by atoms with Crippen LogP contribution in [-0.4, -0.2) is 31.3 Å². The number of thiazole rings is 1. The number of phenols is 1. The van der Waals surface area contributed by atoms with E-state index in [0.717, 1.165) is 16.1 Å². The molecule has 1 heterocycles. The van der Waals surface area contributed by atoms with Gasteiger partial charge in [-0.1, -0.05) is 12.1 Å². The Labute approximate surface area is 145 Å². The number of methoxy groups -OCH3 is 1. The first-order valence-corrected chi connectivity index (χ1v) is 8.43. The largest absolute Gasteiger partial charge is 0.504 e. The molecule has 0 aliphatic rings. The van der Waals surface area contributed by atoms with E-state index < -0.39 is 0 Å². The quantitative estimate of drug-likeness (QED) is 0.756. The topological polar surface area (TPSA) is 45.6 Å². The van der Waals surface area contributed by atoms with Gasteiger partial charge in [0.05, 0.1) is 17.3 Å². The van der Waals surface area contributed by atoms with E-state index in [1.165, 1.54) is 16.0 Å². The third-order valence-corrected chi connectivity index (χ3v) is 4.81. The number of fused-ring (bicyclic) bond motifs is 1. The van der Waals surface area contributed by atoms with E-state index in [2.05, 4.69) is 28.9 Å². The number of phenolic OH excluding ortho intramolecular Hbond substituents is 1. The Morgan fingerprint density at radius 2 is 1.96 bits per heavy atom. The number of ether oxygens (including phenoxy) is 1. The molecule has 0 amide bonds. The Balaban J connectivity index is 1.92. The number of benzene rings is 2. The number of anilines is 1. The van der Waals surface area contributed by atoms with Crippen LogP contribution in [0.4, 0.5) is 5.69 Å². The Bertz CT molecular complexity index is 913. The summed E-state index contributed by atoms with van der Waals surface area (Å²) >= 11 is 1.66. The molecule has 0 atom stereocenters. The van der Waals surface area contributed by atoms with E-state index >= 15 is 0 Å².